The Morgan fingerprint density at radius 3 is 2.76 bits per heavy atom. The van der Waals surface area contributed by atoms with Crippen molar-refractivity contribution < 1.29 is 4.74 Å². The minimum atomic E-state index is 0.542. The maximum absolute atomic E-state index is 6.12. The van der Waals surface area contributed by atoms with E-state index in [1.165, 1.54) is 44.3 Å². The van der Waals surface area contributed by atoms with Gasteiger partial charge in [-0.3, -0.25) is 0 Å². The molecule has 4 heteroatoms. The first kappa shape index (κ1) is 18.8. The predicted octanol–water partition coefficient (Wildman–Crippen LogP) is 6.08. The van der Waals surface area contributed by atoms with Gasteiger partial charge in [0.05, 0.1) is 6.61 Å². The number of likely N-dealkylation sites (tertiary alicyclic amines) is 1. The zero-order valence-corrected chi connectivity index (χ0v) is 16.6. The van der Waals surface area contributed by atoms with E-state index in [2.05, 4.69) is 28.7 Å². The highest BCUT2D eigenvalue weighted by molar-refractivity contribution is 7.08. The fourth-order valence-corrected chi connectivity index (χ4v) is 4.57. The van der Waals surface area contributed by atoms with E-state index in [4.69, 9.17) is 16.3 Å². The first-order chi connectivity index (χ1) is 12.3. The Kier molecular flexibility index (Phi) is 7.21. The van der Waals surface area contributed by atoms with Gasteiger partial charge in [-0.1, -0.05) is 31.4 Å². The van der Waals surface area contributed by atoms with Crippen molar-refractivity contribution in [1.29, 1.82) is 0 Å². The summed E-state index contributed by atoms with van der Waals surface area (Å²) in [6.45, 7) is 6.61. The van der Waals surface area contributed by atoms with E-state index in [1.807, 2.05) is 24.3 Å². The molecule has 3 rings (SSSR count). The van der Waals surface area contributed by atoms with Gasteiger partial charge in [-0.25, -0.2) is 0 Å². The fraction of sp³-hybridized carbons (Fsp3) is 0.524. The number of hydrogen-bond donors (Lipinski definition) is 0. The molecule has 1 saturated heterocycles. The van der Waals surface area contributed by atoms with Crippen molar-refractivity contribution in [2.24, 2.45) is 5.92 Å². The van der Waals surface area contributed by atoms with Crippen LogP contribution >= 0.6 is 22.9 Å². The van der Waals surface area contributed by atoms with Gasteiger partial charge in [0, 0.05) is 17.5 Å². The number of rotatable bonds is 8. The largest absolute Gasteiger partial charge is 0.493 e. The summed E-state index contributed by atoms with van der Waals surface area (Å²) in [5, 5.41) is 5.26. The summed E-state index contributed by atoms with van der Waals surface area (Å²) in [4.78, 5) is 2.63. The van der Waals surface area contributed by atoms with Crippen molar-refractivity contribution in [1.82, 2.24) is 4.90 Å². The standard InChI is InChI=1S/C21H28ClNOS/c1-2-3-4-11-23-12-9-21(17-10-13-25-16-17)18(14-23)15-24-20-7-5-19(22)6-8-20/h5-8,10,13,16,18,21H,2-4,9,11-12,14-15H2,1H3/t18-,21-/m0/s1. The Balaban J connectivity index is 1.62. The zero-order valence-electron chi connectivity index (χ0n) is 15.0. The topological polar surface area (TPSA) is 12.5 Å². The van der Waals surface area contributed by atoms with Crippen molar-refractivity contribution in [2.75, 3.05) is 26.2 Å². The Hall–Kier alpha value is -1.03. The van der Waals surface area contributed by atoms with Crippen LogP contribution in [0.2, 0.25) is 5.02 Å². The van der Waals surface area contributed by atoms with Crippen molar-refractivity contribution in [3.05, 3.63) is 51.7 Å². The van der Waals surface area contributed by atoms with E-state index in [0.717, 1.165) is 23.9 Å². The van der Waals surface area contributed by atoms with Crippen molar-refractivity contribution >= 4 is 22.9 Å². The number of halogens is 1. The van der Waals surface area contributed by atoms with E-state index in [0.29, 0.717) is 11.8 Å². The second-order valence-electron chi connectivity index (χ2n) is 6.98. The Morgan fingerprint density at radius 2 is 2.04 bits per heavy atom. The van der Waals surface area contributed by atoms with Crippen LogP contribution in [0.1, 0.15) is 44.1 Å². The molecule has 0 aliphatic carbocycles. The molecule has 1 aliphatic rings. The van der Waals surface area contributed by atoms with Crippen molar-refractivity contribution in [3.8, 4) is 5.75 Å². The molecule has 2 nitrogen and oxygen atoms in total. The van der Waals surface area contributed by atoms with E-state index in [9.17, 15) is 0 Å². The second kappa shape index (κ2) is 9.61. The molecule has 136 valence electrons. The van der Waals surface area contributed by atoms with E-state index in [1.54, 1.807) is 11.3 Å². The first-order valence-corrected chi connectivity index (χ1v) is 10.7. The molecule has 1 fully saturated rings. The molecule has 25 heavy (non-hydrogen) atoms. The fourth-order valence-electron chi connectivity index (χ4n) is 3.72. The van der Waals surface area contributed by atoms with E-state index >= 15 is 0 Å². The quantitative estimate of drug-likeness (QED) is 0.517. The minimum Gasteiger partial charge on any atom is -0.493 e. The monoisotopic (exact) mass is 377 g/mol. The summed E-state index contributed by atoms with van der Waals surface area (Å²) < 4.78 is 6.12. The van der Waals surface area contributed by atoms with Gasteiger partial charge >= 0.3 is 0 Å². The average molecular weight is 378 g/mol. The highest BCUT2D eigenvalue weighted by atomic mass is 35.5. The van der Waals surface area contributed by atoms with Gasteiger partial charge in [0.15, 0.2) is 0 Å². The highest BCUT2D eigenvalue weighted by Gasteiger charge is 2.31. The van der Waals surface area contributed by atoms with Crippen LogP contribution in [0.5, 0.6) is 5.75 Å². The third-order valence-electron chi connectivity index (χ3n) is 5.15. The van der Waals surface area contributed by atoms with Crippen molar-refractivity contribution in [3.63, 3.8) is 0 Å². The number of piperidine rings is 1. The number of benzene rings is 1. The lowest BCUT2D eigenvalue weighted by molar-refractivity contribution is 0.110. The third-order valence-corrected chi connectivity index (χ3v) is 6.10. The number of unbranched alkanes of at least 4 members (excludes halogenated alkanes) is 2. The molecule has 1 aliphatic heterocycles. The van der Waals surface area contributed by atoms with Crippen LogP contribution in [0.25, 0.3) is 0 Å². The molecular weight excluding hydrogens is 350 g/mol. The van der Waals surface area contributed by atoms with Gasteiger partial charge in [0.2, 0.25) is 0 Å². The predicted molar refractivity (Wildman–Crippen MR) is 108 cm³/mol. The molecule has 1 aromatic carbocycles. The minimum absolute atomic E-state index is 0.542. The van der Waals surface area contributed by atoms with Gasteiger partial charge in [0.1, 0.15) is 5.75 Å². The van der Waals surface area contributed by atoms with Crippen LogP contribution in [0, 0.1) is 5.92 Å². The normalized spacial score (nSPS) is 21.4. The van der Waals surface area contributed by atoms with Gasteiger partial charge in [-0.15, -0.1) is 0 Å². The molecule has 0 radical (unpaired) electrons. The maximum atomic E-state index is 6.12. The summed E-state index contributed by atoms with van der Waals surface area (Å²) in [5.41, 5.74) is 1.49. The van der Waals surface area contributed by atoms with Crippen LogP contribution in [0.15, 0.2) is 41.1 Å². The Labute approximate surface area is 160 Å². The SMILES string of the molecule is CCCCCN1CC[C@@H](c2ccsc2)[C@H](COc2ccc(Cl)cc2)C1. The molecule has 1 aromatic heterocycles. The molecule has 2 atom stereocenters. The zero-order chi connectivity index (χ0) is 17.5. The second-order valence-corrected chi connectivity index (χ2v) is 8.20. The number of ether oxygens (including phenoxy) is 1. The van der Waals surface area contributed by atoms with Crippen LogP contribution in [0.4, 0.5) is 0 Å². The Morgan fingerprint density at radius 1 is 1.20 bits per heavy atom. The molecule has 2 aromatic rings. The molecule has 2 heterocycles. The molecule has 0 bridgehead atoms. The van der Waals surface area contributed by atoms with Crippen LogP contribution in [-0.4, -0.2) is 31.1 Å². The smallest absolute Gasteiger partial charge is 0.119 e. The van der Waals surface area contributed by atoms with Crippen molar-refractivity contribution in [2.45, 2.75) is 38.5 Å². The van der Waals surface area contributed by atoms with Crippen LogP contribution in [-0.2, 0) is 0 Å². The van der Waals surface area contributed by atoms with E-state index < -0.39 is 0 Å². The lowest BCUT2D eigenvalue weighted by Gasteiger charge is -2.38. The van der Waals surface area contributed by atoms with Crippen LogP contribution in [0.3, 0.4) is 0 Å². The lowest BCUT2D eigenvalue weighted by Crippen LogP contribution is -2.42. The highest BCUT2D eigenvalue weighted by Crippen LogP contribution is 2.35. The molecule has 0 amide bonds. The van der Waals surface area contributed by atoms with E-state index in [-0.39, 0.29) is 0 Å². The summed E-state index contributed by atoms with van der Waals surface area (Å²) in [6, 6.07) is 10.0. The third kappa shape index (κ3) is 5.47. The van der Waals surface area contributed by atoms with Crippen LogP contribution < -0.4 is 4.74 Å². The average Bonchev–Trinajstić information content (AvgIpc) is 3.16. The maximum Gasteiger partial charge on any atom is 0.119 e. The summed E-state index contributed by atoms with van der Waals surface area (Å²) in [7, 11) is 0. The van der Waals surface area contributed by atoms with Gasteiger partial charge in [-0.2, -0.15) is 11.3 Å². The summed E-state index contributed by atoms with van der Waals surface area (Å²) in [5.74, 6) is 2.07. The number of nitrogens with zero attached hydrogens (tertiary/aromatic N) is 1. The molecule has 0 saturated carbocycles. The summed E-state index contributed by atoms with van der Waals surface area (Å²) >= 11 is 7.77. The Bertz CT molecular complexity index is 613. The first-order valence-electron chi connectivity index (χ1n) is 9.39. The number of thiophene rings is 1. The summed E-state index contributed by atoms with van der Waals surface area (Å²) in [6.07, 6.45) is 5.16. The molecule has 0 spiro atoms. The number of hydrogen-bond acceptors (Lipinski definition) is 3. The van der Waals surface area contributed by atoms with Gasteiger partial charge in [0.25, 0.3) is 0 Å². The molecular formula is C21H28ClNOS. The van der Waals surface area contributed by atoms with Gasteiger partial charge < -0.3 is 9.64 Å². The molecule has 0 N–H and O–H groups in total. The molecule has 0 unspecified atom stereocenters. The van der Waals surface area contributed by atoms with Gasteiger partial charge in [-0.05, 0) is 78.5 Å². The lowest BCUT2D eigenvalue weighted by atomic mass is 9.82.